The highest BCUT2D eigenvalue weighted by Gasteiger charge is 2.29. The van der Waals surface area contributed by atoms with Gasteiger partial charge in [-0.2, -0.15) is 4.31 Å². The maximum absolute atomic E-state index is 13.1. The van der Waals surface area contributed by atoms with Crippen LogP contribution in [-0.4, -0.2) is 36.6 Å². The lowest BCUT2D eigenvalue weighted by Crippen LogP contribution is -2.31. The fraction of sp³-hybridized carbons (Fsp3) is 0.318. The Morgan fingerprint density at radius 3 is 2.47 bits per heavy atom. The zero-order chi connectivity index (χ0) is 21.0. The second-order valence-corrected chi connectivity index (χ2v) is 10.7. The van der Waals surface area contributed by atoms with Gasteiger partial charge in [0.05, 0.1) is 19.2 Å². The Labute approximate surface area is 180 Å². The highest BCUT2D eigenvalue weighted by molar-refractivity contribution is 7.91. The van der Waals surface area contributed by atoms with Gasteiger partial charge in [-0.1, -0.05) is 30.3 Å². The van der Waals surface area contributed by atoms with Crippen molar-refractivity contribution < 1.29 is 17.6 Å². The lowest BCUT2D eigenvalue weighted by atomic mass is 10.2. The Balaban J connectivity index is 1.48. The number of furan rings is 1. The number of rotatable bonds is 8. The molecule has 0 radical (unpaired) electrons. The van der Waals surface area contributed by atoms with Crippen molar-refractivity contribution in [1.29, 1.82) is 0 Å². The van der Waals surface area contributed by atoms with E-state index in [-0.39, 0.29) is 12.3 Å². The van der Waals surface area contributed by atoms with Crippen LogP contribution in [0, 0.1) is 0 Å². The molecule has 0 saturated carbocycles. The van der Waals surface area contributed by atoms with Gasteiger partial charge in [0.25, 0.3) is 10.0 Å². The number of amides is 1. The third-order valence-corrected chi connectivity index (χ3v) is 8.57. The SMILES string of the molecule is O=C(Cc1ccc(S(=O)(=O)N2CCCC2)s1)N(Cc1ccccc1)Cc1ccco1. The number of hydrogen-bond donors (Lipinski definition) is 0. The molecule has 0 spiro atoms. The summed E-state index contributed by atoms with van der Waals surface area (Å²) in [5, 5.41) is 0. The van der Waals surface area contributed by atoms with E-state index in [4.69, 9.17) is 4.42 Å². The molecule has 3 heterocycles. The van der Waals surface area contributed by atoms with Crippen molar-refractivity contribution in [2.24, 2.45) is 0 Å². The van der Waals surface area contributed by atoms with Crippen LogP contribution in [0.1, 0.15) is 29.0 Å². The quantitative estimate of drug-likeness (QED) is 0.528. The summed E-state index contributed by atoms with van der Waals surface area (Å²) in [5.41, 5.74) is 1.03. The van der Waals surface area contributed by atoms with Gasteiger partial charge in [-0.05, 0) is 42.7 Å². The molecule has 0 unspecified atom stereocenters. The Kier molecular flexibility index (Phi) is 6.36. The number of nitrogens with zero attached hydrogens (tertiary/aromatic N) is 2. The summed E-state index contributed by atoms with van der Waals surface area (Å²) < 4.78 is 32.8. The molecule has 8 heteroatoms. The van der Waals surface area contributed by atoms with E-state index in [1.807, 2.05) is 36.4 Å². The van der Waals surface area contributed by atoms with Crippen molar-refractivity contribution in [2.45, 2.75) is 36.6 Å². The molecule has 1 aliphatic rings. The van der Waals surface area contributed by atoms with Gasteiger partial charge in [0, 0.05) is 24.5 Å². The number of sulfonamides is 1. The Hall–Kier alpha value is -2.42. The first kappa shape index (κ1) is 20.8. The molecule has 1 aromatic carbocycles. The Morgan fingerprint density at radius 2 is 1.77 bits per heavy atom. The first-order valence-electron chi connectivity index (χ1n) is 9.95. The monoisotopic (exact) mass is 444 g/mol. The van der Waals surface area contributed by atoms with E-state index in [0.717, 1.165) is 23.3 Å². The second kappa shape index (κ2) is 9.16. The van der Waals surface area contributed by atoms with Gasteiger partial charge in [-0.3, -0.25) is 4.79 Å². The molecule has 0 bridgehead atoms. The molecule has 0 N–H and O–H groups in total. The summed E-state index contributed by atoms with van der Waals surface area (Å²) in [7, 11) is -3.45. The maximum atomic E-state index is 13.1. The topological polar surface area (TPSA) is 70.8 Å². The molecule has 1 aliphatic heterocycles. The predicted octanol–water partition coefficient (Wildman–Crippen LogP) is 3.90. The molecule has 30 heavy (non-hydrogen) atoms. The van der Waals surface area contributed by atoms with E-state index in [1.165, 1.54) is 15.6 Å². The molecule has 4 rings (SSSR count). The first-order valence-corrected chi connectivity index (χ1v) is 12.2. The van der Waals surface area contributed by atoms with Gasteiger partial charge in [0.2, 0.25) is 5.91 Å². The smallest absolute Gasteiger partial charge is 0.252 e. The van der Waals surface area contributed by atoms with Crippen LogP contribution in [0.5, 0.6) is 0 Å². The first-order chi connectivity index (χ1) is 14.5. The molecule has 3 aromatic rings. The zero-order valence-electron chi connectivity index (χ0n) is 16.6. The van der Waals surface area contributed by atoms with Crippen LogP contribution in [0.3, 0.4) is 0 Å². The average Bonchev–Trinajstić information content (AvgIpc) is 3.51. The lowest BCUT2D eigenvalue weighted by molar-refractivity contribution is -0.131. The minimum atomic E-state index is -3.45. The molecule has 1 saturated heterocycles. The summed E-state index contributed by atoms with van der Waals surface area (Å²) in [6.45, 7) is 1.97. The fourth-order valence-corrected chi connectivity index (χ4v) is 6.55. The van der Waals surface area contributed by atoms with Crippen molar-refractivity contribution >= 4 is 27.3 Å². The zero-order valence-corrected chi connectivity index (χ0v) is 18.2. The Morgan fingerprint density at radius 1 is 1.00 bits per heavy atom. The largest absolute Gasteiger partial charge is 0.467 e. The average molecular weight is 445 g/mol. The van der Waals surface area contributed by atoms with Crippen LogP contribution >= 0.6 is 11.3 Å². The lowest BCUT2D eigenvalue weighted by Gasteiger charge is -2.21. The molecule has 158 valence electrons. The number of hydrogen-bond acceptors (Lipinski definition) is 5. The van der Waals surface area contributed by atoms with E-state index in [2.05, 4.69) is 0 Å². The number of thiophene rings is 1. The van der Waals surface area contributed by atoms with Crippen LogP contribution in [-0.2, 0) is 34.3 Å². The fourth-order valence-electron chi connectivity index (χ4n) is 3.54. The van der Waals surface area contributed by atoms with E-state index in [9.17, 15) is 13.2 Å². The molecule has 1 amide bonds. The van der Waals surface area contributed by atoms with Crippen molar-refractivity contribution in [3.05, 3.63) is 77.1 Å². The molecular weight excluding hydrogens is 420 g/mol. The normalized spacial score (nSPS) is 14.8. The minimum Gasteiger partial charge on any atom is -0.467 e. The maximum Gasteiger partial charge on any atom is 0.252 e. The van der Waals surface area contributed by atoms with Gasteiger partial charge in [0.1, 0.15) is 9.97 Å². The van der Waals surface area contributed by atoms with Crippen molar-refractivity contribution in [3.63, 3.8) is 0 Å². The third-order valence-electron chi connectivity index (χ3n) is 5.12. The van der Waals surface area contributed by atoms with E-state index >= 15 is 0 Å². The molecular formula is C22H24N2O4S2. The molecule has 2 aromatic heterocycles. The molecule has 1 fully saturated rings. The van der Waals surface area contributed by atoms with Crippen molar-refractivity contribution in [2.75, 3.05) is 13.1 Å². The highest BCUT2D eigenvalue weighted by atomic mass is 32.2. The Bertz CT molecular complexity index is 1070. The van der Waals surface area contributed by atoms with Crippen molar-refractivity contribution in [1.82, 2.24) is 9.21 Å². The van der Waals surface area contributed by atoms with Crippen LogP contribution in [0.15, 0.2) is 69.5 Å². The summed E-state index contributed by atoms with van der Waals surface area (Å²) in [6.07, 6.45) is 3.55. The van der Waals surface area contributed by atoms with Crippen molar-refractivity contribution in [3.8, 4) is 0 Å². The number of carbonyl (C=O) groups is 1. The standard InChI is InChI=1S/C22H24N2O4S2/c25-21(15-20-10-11-22(29-20)30(26,27)24-12-4-5-13-24)23(17-19-9-6-14-28-19)16-18-7-2-1-3-8-18/h1-3,6-11,14H,4-5,12-13,15-17H2. The van der Waals surface area contributed by atoms with Crippen LogP contribution in [0.4, 0.5) is 0 Å². The summed E-state index contributed by atoms with van der Waals surface area (Å²) in [6, 6.07) is 16.8. The van der Waals surface area contributed by atoms with Crippen LogP contribution < -0.4 is 0 Å². The predicted molar refractivity (Wildman–Crippen MR) is 115 cm³/mol. The van der Waals surface area contributed by atoms with E-state index in [0.29, 0.717) is 36.1 Å². The highest BCUT2D eigenvalue weighted by Crippen LogP contribution is 2.28. The summed E-state index contributed by atoms with van der Waals surface area (Å²) in [5.74, 6) is 0.644. The molecule has 6 nitrogen and oxygen atoms in total. The van der Waals surface area contributed by atoms with Gasteiger partial charge >= 0.3 is 0 Å². The number of benzene rings is 1. The van der Waals surface area contributed by atoms with Crippen LogP contribution in [0.2, 0.25) is 0 Å². The minimum absolute atomic E-state index is 0.0674. The third kappa shape index (κ3) is 4.83. The summed E-state index contributed by atoms with van der Waals surface area (Å²) >= 11 is 1.19. The molecule has 0 atom stereocenters. The van der Waals surface area contributed by atoms with Gasteiger partial charge in [-0.15, -0.1) is 11.3 Å². The summed E-state index contributed by atoms with van der Waals surface area (Å²) in [4.78, 5) is 15.6. The molecule has 0 aliphatic carbocycles. The van der Waals surface area contributed by atoms with E-state index in [1.54, 1.807) is 29.4 Å². The van der Waals surface area contributed by atoms with Gasteiger partial charge < -0.3 is 9.32 Å². The van der Waals surface area contributed by atoms with E-state index < -0.39 is 10.0 Å². The second-order valence-electron chi connectivity index (χ2n) is 7.32. The number of carbonyl (C=O) groups excluding carboxylic acids is 1. The van der Waals surface area contributed by atoms with Gasteiger partial charge in [-0.25, -0.2) is 8.42 Å². The van der Waals surface area contributed by atoms with Gasteiger partial charge in [0.15, 0.2) is 0 Å². The van der Waals surface area contributed by atoms with Crippen LogP contribution in [0.25, 0.3) is 0 Å².